The Labute approximate surface area is 202 Å². The molecule has 0 atom stereocenters. The summed E-state index contributed by atoms with van der Waals surface area (Å²) in [5.41, 5.74) is 5.98. The molecule has 6 heteroatoms. The molecule has 2 aliphatic carbocycles. The van der Waals surface area contributed by atoms with Gasteiger partial charge in [0.05, 0.1) is 0 Å². The minimum absolute atomic E-state index is 0.0479. The standard InChI is InChI=1S/C28H39F3N2O/c1-18-11-12-22-23(14-21(33-17-28(29,30)31)15-25(22)27(3,4)5)19(2)13-24(18)26(34)32-16-20-9-7-6-8-10-20/h13-15,20,33H,6-12,16-17H2,1-5H3,(H,32,34). The van der Waals surface area contributed by atoms with E-state index in [9.17, 15) is 18.0 Å². The Kier molecular flexibility index (Phi) is 8.20. The van der Waals surface area contributed by atoms with Gasteiger partial charge in [0, 0.05) is 17.8 Å². The smallest absolute Gasteiger partial charge is 0.376 e. The Balaban J connectivity index is 1.92. The van der Waals surface area contributed by atoms with E-state index in [1.54, 1.807) is 6.07 Å². The summed E-state index contributed by atoms with van der Waals surface area (Å²) in [6, 6.07) is 3.66. The third kappa shape index (κ3) is 6.89. The van der Waals surface area contributed by atoms with E-state index in [-0.39, 0.29) is 11.3 Å². The Morgan fingerprint density at radius 3 is 2.32 bits per heavy atom. The van der Waals surface area contributed by atoms with Crippen LogP contribution in [0.25, 0.3) is 5.57 Å². The molecule has 34 heavy (non-hydrogen) atoms. The molecule has 0 aromatic heterocycles. The minimum Gasteiger partial charge on any atom is -0.376 e. The first kappa shape index (κ1) is 26.4. The lowest BCUT2D eigenvalue weighted by Crippen LogP contribution is -2.31. The van der Waals surface area contributed by atoms with Crippen molar-refractivity contribution in [2.24, 2.45) is 5.92 Å². The van der Waals surface area contributed by atoms with Crippen LogP contribution in [-0.4, -0.2) is 25.2 Å². The summed E-state index contributed by atoms with van der Waals surface area (Å²) in [7, 11) is 0. The van der Waals surface area contributed by atoms with Crippen LogP contribution in [0.5, 0.6) is 0 Å². The summed E-state index contributed by atoms with van der Waals surface area (Å²) in [5.74, 6) is 0.503. The lowest BCUT2D eigenvalue weighted by atomic mass is 9.78. The van der Waals surface area contributed by atoms with Crippen LogP contribution in [0.4, 0.5) is 18.9 Å². The second-order valence-corrected chi connectivity index (χ2v) is 11.0. The van der Waals surface area contributed by atoms with Crippen LogP contribution in [0, 0.1) is 5.92 Å². The number of allylic oxidation sites excluding steroid dienone is 2. The van der Waals surface area contributed by atoms with Crippen molar-refractivity contribution in [3.63, 3.8) is 0 Å². The van der Waals surface area contributed by atoms with E-state index >= 15 is 0 Å². The zero-order valence-corrected chi connectivity index (χ0v) is 21.2. The van der Waals surface area contributed by atoms with Crippen LogP contribution >= 0.6 is 0 Å². The highest BCUT2D eigenvalue weighted by atomic mass is 19.4. The number of anilines is 1. The Bertz CT molecular complexity index is 961. The normalized spacial score (nSPS) is 18.1. The Morgan fingerprint density at radius 1 is 1.03 bits per heavy atom. The van der Waals surface area contributed by atoms with Gasteiger partial charge in [0.2, 0.25) is 0 Å². The number of rotatable bonds is 5. The van der Waals surface area contributed by atoms with E-state index in [4.69, 9.17) is 0 Å². The summed E-state index contributed by atoms with van der Waals surface area (Å²) in [6.45, 7) is 9.85. The molecule has 0 aliphatic heterocycles. The second-order valence-electron chi connectivity index (χ2n) is 11.0. The summed E-state index contributed by atoms with van der Waals surface area (Å²) in [4.78, 5) is 13.1. The van der Waals surface area contributed by atoms with Crippen LogP contribution in [0.2, 0.25) is 0 Å². The number of halogens is 3. The minimum atomic E-state index is -4.29. The van der Waals surface area contributed by atoms with E-state index < -0.39 is 12.7 Å². The van der Waals surface area contributed by atoms with E-state index in [2.05, 4.69) is 31.4 Å². The molecule has 0 radical (unpaired) electrons. The number of carbonyl (C=O) groups is 1. The number of benzene rings is 1. The van der Waals surface area contributed by atoms with Gasteiger partial charge in [0.1, 0.15) is 6.54 Å². The molecule has 2 aliphatic rings. The predicted octanol–water partition coefficient (Wildman–Crippen LogP) is 7.32. The van der Waals surface area contributed by atoms with Gasteiger partial charge < -0.3 is 10.6 Å². The van der Waals surface area contributed by atoms with E-state index in [0.717, 1.165) is 40.7 Å². The highest BCUT2D eigenvalue weighted by Crippen LogP contribution is 2.37. The maximum absolute atomic E-state index is 13.1. The molecule has 1 aromatic rings. The molecule has 0 spiro atoms. The molecule has 3 nitrogen and oxygen atoms in total. The number of fused-ring (bicyclic) bond motifs is 1. The molecular formula is C28H39F3N2O. The van der Waals surface area contributed by atoms with E-state index in [0.29, 0.717) is 23.7 Å². The third-order valence-electron chi connectivity index (χ3n) is 7.07. The van der Waals surface area contributed by atoms with Crippen LogP contribution in [-0.2, 0) is 16.6 Å². The first-order valence-electron chi connectivity index (χ1n) is 12.5. The van der Waals surface area contributed by atoms with Gasteiger partial charge in [-0.25, -0.2) is 0 Å². The van der Waals surface area contributed by atoms with E-state index in [1.807, 2.05) is 26.0 Å². The molecule has 0 heterocycles. The van der Waals surface area contributed by atoms with Crippen molar-refractivity contribution in [1.29, 1.82) is 0 Å². The summed E-state index contributed by atoms with van der Waals surface area (Å²) in [5, 5.41) is 5.71. The first-order valence-corrected chi connectivity index (χ1v) is 12.5. The van der Waals surface area contributed by atoms with Crippen molar-refractivity contribution in [2.75, 3.05) is 18.4 Å². The number of carbonyl (C=O) groups excluding carboxylic acids is 1. The zero-order chi connectivity index (χ0) is 25.1. The highest BCUT2D eigenvalue weighted by molar-refractivity contribution is 5.99. The van der Waals surface area contributed by atoms with Crippen molar-refractivity contribution in [2.45, 2.75) is 91.2 Å². The fourth-order valence-corrected chi connectivity index (χ4v) is 5.11. The molecule has 188 valence electrons. The van der Waals surface area contributed by atoms with Crippen molar-refractivity contribution in [3.8, 4) is 0 Å². The lowest BCUT2D eigenvalue weighted by molar-refractivity contribution is -0.117. The van der Waals surface area contributed by atoms with Crippen LogP contribution in [0.1, 0.15) is 89.8 Å². The fraction of sp³-hybridized carbons (Fsp3) is 0.607. The molecule has 0 saturated heterocycles. The summed E-state index contributed by atoms with van der Waals surface area (Å²) in [6.07, 6.45) is 5.21. The van der Waals surface area contributed by atoms with Crippen molar-refractivity contribution in [3.05, 3.63) is 46.0 Å². The molecule has 1 amide bonds. The van der Waals surface area contributed by atoms with Crippen molar-refractivity contribution in [1.82, 2.24) is 5.32 Å². The number of amides is 1. The van der Waals surface area contributed by atoms with Crippen LogP contribution in [0.15, 0.2) is 29.4 Å². The maximum Gasteiger partial charge on any atom is 0.405 e. The average molecular weight is 477 g/mol. The number of alkyl halides is 3. The Morgan fingerprint density at radius 2 is 1.71 bits per heavy atom. The van der Waals surface area contributed by atoms with Gasteiger partial charge in [-0.1, -0.05) is 45.6 Å². The predicted molar refractivity (Wildman–Crippen MR) is 134 cm³/mol. The SMILES string of the molecule is CC1=CC(C(=O)NCC2CCCCC2)=C(C)CCc2c1cc(NCC(F)(F)F)cc2C(C)(C)C. The van der Waals surface area contributed by atoms with Gasteiger partial charge in [-0.3, -0.25) is 4.79 Å². The summed E-state index contributed by atoms with van der Waals surface area (Å²) >= 11 is 0. The molecule has 1 fully saturated rings. The molecule has 0 bridgehead atoms. The average Bonchev–Trinajstić information content (AvgIpc) is 2.76. The molecule has 0 unspecified atom stereocenters. The van der Waals surface area contributed by atoms with Gasteiger partial charge >= 0.3 is 6.18 Å². The first-order chi connectivity index (χ1) is 15.8. The number of nitrogens with one attached hydrogen (secondary N) is 2. The molecule has 1 aromatic carbocycles. The second kappa shape index (κ2) is 10.6. The van der Waals surface area contributed by atoms with Crippen LogP contribution in [0.3, 0.4) is 0 Å². The van der Waals surface area contributed by atoms with Gasteiger partial charge in [-0.2, -0.15) is 13.2 Å². The highest BCUT2D eigenvalue weighted by Gasteiger charge is 2.28. The van der Waals surface area contributed by atoms with Gasteiger partial charge in [0.25, 0.3) is 5.91 Å². The number of hydrogen-bond acceptors (Lipinski definition) is 2. The Hall–Kier alpha value is -2.24. The van der Waals surface area contributed by atoms with Gasteiger partial charge in [-0.05, 0) is 91.3 Å². The van der Waals surface area contributed by atoms with Crippen molar-refractivity contribution < 1.29 is 18.0 Å². The van der Waals surface area contributed by atoms with Gasteiger partial charge in [0.15, 0.2) is 0 Å². The topological polar surface area (TPSA) is 41.1 Å². The zero-order valence-electron chi connectivity index (χ0n) is 21.2. The largest absolute Gasteiger partial charge is 0.405 e. The number of hydrogen-bond donors (Lipinski definition) is 2. The maximum atomic E-state index is 13.1. The van der Waals surface area contributed by atoms with Crippen molar-refractivity contribution >= 4 is 17.2 Å². The molecule has 1 saturated carbocycles. The quantitative estimate of drug-likeness (QED) is 0.467. The van der Waals surface area contributed by atoms with E-state index in [1.165, 1.54) is 32.1 Å². The van der Waals surface area contributed by atoms with Gasteiger partial charge in [-0.15, -0.1) is 0 Å². The molecule has 3 rings (SSSR count). The summed E-state index contributed by atoms with van der Waals surface area (Å²) < 4.78 is 38.6. The third-order valence-corrected chi connectivity index (χ3v) is 7.07. The molecular weight excluding hydrogens is 437 g/mol. The monoisotopic (exact) mass is 476 g/mol. The molecule has 2 N–H and O–H groups in total. The fourth-order valence-electron chi connectivity index (χ4n) is 5.11. The van der Waals surface area contributed by atoms with Crippen LogP contribution < -0.4 is 10.6 Å². The lowest BCUT2D eigenvalue weighted by Gasteiger charge is -2.28.